The average Bonchev–Trinajstić information content (AvgIpc) is 2.14. The highest BCUT2D eigenvalue weighted by molar-refractivity contribution is 6.24. The summed E-state index contributed by atoms with van der Waals surface area (Å²) in [7, 11) is 0. The van der Waals surface area contributed by atoms with Crippen LogP contribution in [-0.2, 0) is 19.1 Å². The molecule has 1 heterocycles. The predicted molar refractivity (Wildman–Crippen MR) is 61.1 cm³/mol. The van der Waals surface area contributed by atoms with Crippen molar-refractivity contribution < 1.29 is 19.1 Å². The quantitative estimate of drug-likeness (QED) is 0.445. The molecule has 2 fully saturated rings. The molecule has 0 atom stereocenters. The molecule has 0 N–H and O–H groups in total. The predicted octanol–water partition coefficient (Wildman–Crippen LogP) is 2.59. The first-order chi connectivity index (χ1) is 7.98. The zero-order chi connectivity index (χ0) is 12.7. The maximum Gasteiger partial charge on any atom is 0.340 e. The van der Waals surface area contributed by atoms with Crippen LogP contribution in [0.4, 0.5) is 0 Å². The van der Waals surface area contributed by atoms with Gasteiger partial charge in [0.2, 0.25) is 0 Å². The molecule has 1 aliphatic carbocycles. The summed E-state index contributed by atoms with van der Waals surface area (Å²) in [5, 5.41) is -1.56. The molecule has 2 rings (SSSR count). The summed E-state index contributed by atoms with van der Waals surface area (Å²) < 4.78 is 10.5. The van der Waals surface area contributed by atoms with E-state index in [4.69, 9.17) is 21.1 Å². The summed E-state index contributed by atoms with van der Waals surface area (Å²) in [6, 6.07) is 0. The summed E-state index contributed by atoms with van der Waals surface area (Å²) in [5.74, 6) is -1.15. The van der Waals surface area contributed by atoms with E-state index in [1.807, 2.05) is 0 Å². The second-order valence-corrected chi connectivity index (χ2v) is 5.31. The smallest absolute Gasteiger partial charge is 0.340 e. The van der Waals surface area contributed by atoms with E-state index in [1.165, 1.54) is 0 Å². The Hall–Kier alpha value is -0.770. The van der Waals surface area contributed by atoms with Crippen molar-refractivity contribution in [3.05, 3.63) is 0 Å². The highest BCUT2D eigenvalue weighted by Gasteiger charge is 2.59. The molecule has 0 aromatic heterocycles. The van der Waals surface area contributed by atoms with Crippen molar-refractivity contribution in [1.82, 2.24) is 0 Å². The molecule has 0 bridgehead atoms. The number of cyclic esters (lactones) is 2. The molecular weight excluding hydrogens is 244 g/mol. The Balaban J connectivity index is 2.22. The van der Waals surface area contributed by atoms with Gasteiger partial charge in [0.15, 0.2) is 5.41 Å². The number of esters is 2. The van der Waals surface area contributed by atoms with Crippen molar-refractivity contribution >= 4 is 23.5 Å². The molecule has 5 heteroatoms. The fourth-order valence-electron chi connectivity index (χ4n) is 2.30. The van der Waals surface area contributed by atoms with Gasteiger partial charge in [0.05, 0.1) is 5.92 Å². The molecule has 0 radical (unpaired) electrons. The molecule has 0 unspecified atom stereocenters. The average molecular weight is 261 g/mol. The molecule has 96 valence electrons. The van der Waals surface area contributed by atoms with Crippen LogP contribution in [0.3, 0.4) is 0 Å². The van der Waals surface area contributed by atoms with E-state index in [1.54, 1.807) is 13.8 Å². The maximum atomic E-state index is 12.0. The number of alkyl halides is 1. The minimum atomic E-state index is -1.56. The zero-order valence-corrected chi connectivity index (χ0v) is 10.9. The molecule has 1 saturated heterocycles. The van der Waals surface area contributed by atoms with Gasteiger partial charge in [0.25, 0.3) is 0 Å². The first kappa shape index (κ1) is 12.7. The van der Waals surface area contributed by atoms with Gasteiger partial charge in [-0.15, -0.1) is 0 Å². The Bertz CT molecular complexity index is 324. The van der Waals surface area contributed by atoms with Gasteiger partial charge in [-0.25, -0.2) is 0 Å². The van der Waals surface area contributed by atoms with Crippen molar-refractivity contribution in [1.29, 1.82) is 0 Å². The first-order valence-corrected chi connectivity index (χ1v) is 6.52. The van der Waals surface area contributed by atoms with Crippen LogP contribution in [0, 0.1) is 11.3 Å². The van der Waals surface area contributed by atoms with Gasteiger partial charge in [-0.1, -0.05) is 20.3 Å². The lowest BCUT2D eigenvalue weighted by atomic mass is 9.80. The van der Waals surface area contributed by atoms with Crippen molar-refractivity contribution in [2.24, 2.45) is 11.3 Å². The molecule has 4 nitrogen and oxygen atoms in total. The van der Waals surface area contributed by atoms with E-state index in [-0.39, 0.29) is 5.92 Å². The minimum absolute atomic E-state index is 0.0659. The van der Waals surface area contributed by atoms with Crippen molar-refractivity contribution in [3.8, 4) is 0 Å². The summed E-state index contributed by atoms with van der Waals surface area (Å²) in [4.78, 5) is 24.1. The molecule has 0 aromatic rings. The lowest BCUT2D eigenvalue weighted by molar-refractivity contribution is -0.254. The van der Waals surface area contributed by atoms with Gasteiger partial charge in [0.1, 0.15) is 0 Å². The fraction of sp³-hybridized carbons (Fsp3) is 0.833. The van der Waals surface area contributed by atoms with Gasteiger partial charge in [-0.05, 0) is 37.3 Å². The maximum absolute atomic E-state index is 12.0. The van der Waals surface area contributed by atoms with Crippen molar-refractivity contribution in [2.45, 2.75) is 51.2 Å². The second kappa shape index (κ2) is 4.16. The molecule has 2 aliphatic rings. The van der Waals surface area contributed by atoms with Crippen molar-refractivity contribution in [3.63, 3.8) is 0 Å². The van der Waals surface area contributed by atoms with Crippen LogP contribution in [-0.4, -0.2) is 17.2 Å². The number of hydrogen-bond donors (Lipinski definition) is 0. The van der Waals surface area contributed by atoms with Crippen LogP contribution in [0.1, 0.15) is 46.0 Å². The molecular formula is C12H17ClO4. The van der Waals surface area contributed by atoms with Crippen LogP contribution >= 0.6 is 11.6 Å². The molecule has 0 aromatic carbocycles. The van der Waals surface area contributed by atoms with E-state index in [9.17, 15) is 9.59 Å². The van der Waals surface area contributed by atoms with Crippen LogP contribution in [0.5, 0.6) is 0 Å². The lowest BCUT2D eigenvalue weighted by Gasteiger charge is -2.45. The Morgan fingerprint density at radius 2 is 1.65 bits per heavy atom. The Kier molecular flexibility index (Phi) is 3.10. The molecule has 17 heavy (non-hydrogen) atoms. The Morgan fingerprint density at radius 1 is 1.18 bits per heavy atom. The van der Waals surface area contributed by atoms with Gasteiger partial charge in [-0.3, -0.25) is 9.59 Å². The fourth-order valence-corrected chi connectivity index (χ4v) is 2.66. The van der Waals surface area contributed by atoms with Gasteiger partial charge in [0, 0.05) is 0 Å². The van der Waals surface area contributed by atoms with Crippen molar-refractivity contribution in [2.75, 3.05) is 0 Å². The van der Waals surface area contributed by atoms with E-state index < -0.39 is 22.6 Å². The molecule has 1 aliphatic heterocycles. The summed E-state index contributed by atoms with van der Waals surface area (Å²) in [6.45, 7) is 3.55. The van der Waals surface area contributed by atoms with Crippen LogP contribution in [0.2, 0.25) is 0 Å². The number of hydrogen-bond acceptors (Lipinski definition) is 4. The van der Waals surface area contributed by atoms with Crippen LogP contribution in [0.15, 0.2) is 0 Å². The SMILES string of the molecule is CCC1(CC)C(=O)OC(Cl)(C2CCC2)OC1=O. The lowest BCUT2D eigenvalue weighted by Crippen LogP contribution is -2.57. The van der Waals surface area contributed by atoms with E-state index in [2.05, 4.69) is 0 Å². The normalized spacial score (nSPS) is 27.0. The molecule has 0 spiro atoms. The third-order valence-electron chi connectivity index (χ3n) is 4.05. The van der Waals surface area contributed by atoms with E-state index >= 15 is 0 Å². The van der Waals surface area contributed by atoms with Gasteiger partial charge < -0.3 is 9.47 Å². The standard InChI is InChI=1S/C12H17ClO4/c1-3-11(4-2)9(14)16-12(13,17-10(11)15)8-6-5-7-8/h8H,3-7H2,1-2H3. The van der Waals surface area contributed by atoms with E-state index in [0.29, 0.717) is 12.8 Å². The monoisotopic (exact) mass is 260 g/mol. The summed E-state index contributed by atoms with van der Waals surface area (Å²) in [6.07, 6.45) is 3.43. The third kappa shape index (κ3) is 1.73. The summed E-state index contributed by atoms with van der Waals surface area (Å²) in [5.41, 5.74) is -1.16. The third-order valence-corrected chi connectivity index (χ3v) is 4.51. The number of rotatable bonds is 3. The van der Waals surface area contributed by atoms with Crippen LogP contribution in [0.25, 0.3) is 0 Å². The highest BCUT2D eigenvalue weighted by atomic mass is 35.5. The zero-order valence-electron chi connectivity index (χ0n) is 10.1. The van der Waals surface area contributed by atoms with E-state index in [0.717, 1.165) is 19.3 Å². The number of ether oxygens (including phenoxy) is 2. The summed E-state index contributed by atoms with van der Waals surface area (Å²) >= 11 is 6.12. The molecule has 0 amide bonds. The number of carbonyl (C=O) groups is 2. The first-order valence-electron chi connectivity index (χ1n) is 6.14. The van der Waals surface area contributed by atoms with Crippen LogP contribution < -0.4 is 0 Å². The topological polar surface area (TPSA) is 52.6 Å². The highest BCUT2D eigenvalue weighted by Crippen LogP contribution is 2.48. The number of carbonyl (C=O) groups excluding carboxylic acids is 2. The minimum Gasteiger partial charge on any atom is -0.407 e. The Morgan fingerprint density at radius 3 is 1.94 bits per heavy atom. The Labute approximate surface area is 106 Å². The van der Waals surface area contributed by atoms with Gasteiger partial charge in [-0.2, -0.15) is 0 Å². The second-order valence-electron chi connectivity index (χ2n) is 4.78. The molecule has 1 saturated carbocycles. The number of halogens is 1. The largest absolute Gasteiger partial charge is 0.407 e. The van der Waals surface area contributed by atoms with Gasteiger partial charge >= 0.3 is 17.2 Å².